The lowest BCUT2D eigenvalue weighted by Gasteiger charge is -2.11. The van der Waals surface area contributed by atoms with Gasteiger partial charge in [-0.2, -0.15) is 0 Å². The Bertz CT molecular complexity index is 721. The summed E-state index contributed by atoms with van der Waals surface area (Å²) in [6.07, 6.45) is 5.58. The summed E-state index contributed by atoms with van der Waals surface area (Å²) in [6.45, 7) is 3.52. The first-order valence-electron chi connectivity index (χ1n) is 8.54. The highest BCUT2D eigenvalue weighted by Crippen LogP contribution is 2.27. The van der Waals surface area contributed by atoms with E-state index in [-0.39, 0.29) is 0 Å². The molecule has 0 aliphatic rings. The van der Waals surface area contributed by atoms with Gasteiger partial charge in [0, 0.05) is 34.5 Å². The molecule has 0 bridgehead atoms. The fraction of sp³-hybridized carbons (Fsp3) is 0.300. The molecular weight excluding hydrogens is 353 g/mol. The molecule has 0 aliphatic heterocycles. The number of hydrogen-bond acceptors (Lipinski definition) is 3. The van der Waals surface area contributed by atoms with Gasteiger partial charge in [0.05, 0.1) is 0 Å². The summed E-state index contributed by atoms with van der Waals surface area (Å²) >= 11 is 12.2. The van der Waals surface area contributed by atoms with Gasteiger partial charge in [0.2, 0.25) is 0 Å². The van der Waals surface area contributed by atoms with Crippen LogP contribution in [-0.2, 0) is 0 Å². The third kappa shape index (κ3) is 5.96. The molecule has 0 aromatic heterocycles. The minimum absolute atomic E-state index is 0.368. The topological polar surface area (TPSA) is 64.1 Å². The Morgan fingerprint density at radius 2 is 1.80 bits per heavy atom. The van der Waals surface area contributed by atoms with E-state index >= 15 is 0 Å². The van der Waals surface area contributed by atoms with Crippen molar-refractivity contribution in [2.24, 2.45) is 5.73 Å². The predicted molar refractivity (Wildman–Crippen MR) is 112 cm³/mol. The predicted octanol–water partition coefficient (Wildman–Crippen LogP) is 5.68. The highest BCUT2D eigenvalue weighted by atomic mass is 35.5. The average Bonchev–Trinajstić information content (AvgIpc) is 2.57. The molecule has 0 fully saturated rings. The second-order valence-corrected chi connectivity index (χ2v) is 6.88. The molecule has 3 nitrogen and oxygen atoms in total. The highest BCUT2D eigenvalue weighted by molar-refractivity contribution is 6.34. The van der Waals surface area contributed by atoms with Crippen molar-refractivity contribution in [2.75, 3.05) is 24.1 Å². The van der Waals surface area contributed by atoms with E-state index in [0.29, 0.717) is 22.3 Å². The number of hydrogen-bond donors (Lipinski definition) is 3. The molecule has 0 heterocycles. The van der Waals surface area contributed by atoms with Crippen LogP contribution in [0.15, 0.2) is 36.4 Å². The summed E-state index contributed by atoms with van der Waals surface area (Å²) in [5.41, 5.74) is 16.6. The van der Waals surface area contributed by atoms with Crippen LogP contribution < -0.4 is 16.8 Å². The molecule has 5 N–H and O–H groups in total. The maximum Gasteiger partial charge on any atom is 0.0426 e. The standard InChI is InChI=1S/C20H25Cl2N3/c1-2-3-4-7-25-19-6-5-14(20(24)12-19)8-16(13-23)15-9-17(21)11-18(22)10-15/h5-6,8-12,25H,2-4,7,13,23-24H2,1H3/b16-8+. The van der Waals surface area contributed by atoms with Crippen molar-refractivity contribution < 1.29 is 0 Å². The number of rotatable bonds is 8. The van der Waals surface area contributed by atoms with Crippen LogP contribution in [0, 0.1) is 0 Å². The lowest BCUT2D eigenvalue weighted by molar-refractivity contribution is 0.744. The molecule has 0 saturated heterocycles. The fourth-order valence-corrected chi connectivity index (χ4v) is 3.14. The molecule has 2 aromatic carbocycles. The quantitative estimate of drug-likeness (QED) is 0.315. The van der Waals surface area contributed by atoms with Crippen LogP contribution in [-0.4, -0.2) is 13.1 Å². The Kier molecular flexibility index (Phi) is 7.63. The molecule has 5 heteroatoms. The first-order chi connectivity index (χ1) is 12.0. The number of nitrogens with one attached hydrogen (secondary N) is 1. The summed E-state index contributed by atoms with van der Waals surface area (Å²) in [7, 11) is 0. The van der Waals surface area contributed by atoms with Gasteiger partial charge in [-0.3, -0.25) is 0 Å². The van der Waals surface area contributed by atoms with Crippen LogP contribution in [0.4, 0.5) is 11.4 Å². The van der Waals surface area contributed by atoms with Crippen molar-refractivity contribution in [3.8, 4) is 0 Å². The first-order valence-corrected chi connectivity index (χ1v) is 9.29. The summed E-state index contributed by atoms with van der Waals surface area (Å²) < 4.78 is 0. The van der Waals surface area contributed by atoms with Gasteiger partial charge in [0.15, 0.2) is 0 Å². The number of nitrogens with two attached hydrogens (primary N) is 2. The van der Waals surface area contributed by atoms with E-state index in [1.165, 1.54) is 12.8 Å². The van der Waals surface area contributed by atoms with Gasteiger partial charge >= 0.3 is 0 Å². The normalized spacial score (nSPS) is 11.6. The van der Waals surface area contributed by atoms with Crippen LogP contribution in [0.2, 0.25) is 10.0 Å². The number of anilines is 2. The molecule has 0 radical (unpaired) electrons. The van der Waals surface area contributed by atoms with Gasteiger partial charge in [0.1, 0.15) is 0 Å². The van der Waals surface area contributed by atoms with Crippen molar-refractivity contribution in [2.45, 2.75) is 26.2 Å². The van der Waals surface area contributed by atoms with Crippen molar-refractivity contribution >= 4 is 46.2 Å². The minimum Gasteiger partial charge on any atom is -0.398 e. The molecular formula is C20H25Cl2N3. The van der Waals surface area contributed by atoms with E-state index < -0.39 is 0 Å². The van der Waals surface area contributed by atoms with Crippen molar-refractivity contribution in [3.05, 3.63) is 57.6 Å². The van der Waals surface area contributed by atoms with Crippen molar-refractivity contribution in [1.82, 2.24) is 0 Å². The van der Waals surface area contributed by atoms with Gasteiger partial charge < -0.3 is 16.8 Å². The van der Waals surface area contributed by atoms with Crippen LogP contribution in [0.5, 0.6) is 0 Å². The monoisotopic (exact) mass is 377 g/mol. The summed E-state index contributed by atoms with van der Waals surface area (Å²) in [5.74, 6) is 0. The minimum atomic E-state index is 0.368. The molecule has 0 atom stereocenters. The van der Waals surface area contributed by atoms with Crippen molar-refractivity contribution in [3.63, 3.8) is 0 Å². The van der Waals surface area contributed by atoms with E-state index in [4.69, 9.17) is 34.7 Å². The van der Waals surface area contributed by atoms with Gasteiger partial charge in [-0.1, -0.05) is 49.0 Å². The van der Waals surface area contributed by atoms with E-state index in [1.807, 2.05) is 36.4 Å². The molecule has 25 heavy (non-hydrogen) atoms. The molecule has 2 rings (SSSR count). The summed E-state index contributed by atoms with van der Waals surface area (Å²) in [6, 6.07) is 11.4. The largest absolute Gasteiger partial charge is 0.398 e. The zero-order chi connectivity index (χ0) is 18.2. The van der Waals surface area contributed by atoms with Gasteiger partial charge in [0.25, 0.3) is 0 Å². The summed E-state index contributed by atoms with van der Waals surface area (Å²) in [4.78, 5) is 0. The average molecular weight is 378 g/mol. The third-order valence-corrected chi connectivity index (χ3v) is 4.42. The first kappa shape index (κ1) is 19.6. The molecule has 0 saturated carbocycles. The Labute approximate surface area is 160 Å². The second-order valence-electron chi connectivity index (χ2n) is 6.01. The van der Waals surface area contributed by atoms with Crippen LogP contribution >= 0.6 is 23.2 Å². The van der Waals surface area contributed by atoms with Crippen LogP contribution in [0.25, 0.3) is 11.6 Å². The zero-order valence-electron chi connectivity index (χ0n) is 14.5. The Hall–Kier alpha value is -1.68. The maximum atomic E-state index is 6.22. The second kappa shape index (κ2) is 9.71. The highest BCUT2D eigenvalue weighted by Gasteiger charge is 2.06. The molecule has 0 amide bonds. The molecule has 134 valence electrons. The lowest BCUT2D eigenvalue weighted by Crippen LogP contribution is -2.04. The SMILES string of the molecule is CCCCCNc1ccc(/C=C(\CN)c2cc(Cl)cc(Cl)c2)c(N)c1. The van der Waals surface area contributed by atoms with Gasteiger partial charge in [-0.25, -0.2) is 0 Å². The van der Waals surface area contributed by atoms with Gasteiger partial charge in [-0.15, -0.1) is 0 Å². The number of unbranched alkanes of at least 4 members (excludes halogenated alkanes) is 2. The van der Waals surface area contributed by atoms with E-state index in [2.05, 4.69) is 12.2 Å². The van der Waals surface area contributed by atoms with E-state index in [1.54, 1.807) is 6.07 Å². The lowest BCUT2D eigenvalue weighted by atomic mass is 10.0. The Balaban J connectivity index is 2.20. The summed E-state index contributed by atoms with van der Waals surface area (Å²) in [5, 5.41) is 4.57. The van der Waals surface area contributed by atoms with Crippen LogP contribution in [0.3, 0.4) is 0 Å². The molecule has 0 aliphatic carbocycles. The van der Waals surface area contributed by atoms with E-state index in [9.17, 15) is 0 Å². The zero-order valence-corrected chi connectivity index (χ0v) is 16.0. The van der Waals surface area contributed by atoms with Crippen molar-refractivity contribution in [1.29, 1.82) is 0 Å². The molecule has 2 aromatic rings. The molecule has 0 spiro atoms. The maximum absolute atomic E-state index is 6.22. The molecule has 0 unspecified atom stereocenters. The number of halogens is 2. The van der Waals surface area contributed by atoms with Crippen LogP contribution in [0.1, 0.15) is 37.3 Å². The fourth-order valence-electron chi connectivity index (χ4n) is 2.61. The Morgan fingerprint density at radius 1 is 1.08 bits per heavy atom. The van der Waals surface area contributed by atoms with Gasteiger partial charge in [-0.05, 0) is 59.5 Å². The van der Waals surface area contributed by atoms with E-state index in [0.717, 1.165) is 35.4 Å². The number of nitrogen functional groups attached to an aromatic ring is 1. The number of benzene rings is 2. The smallest absolute Gasteiger partial charge is 0.0426 e. The Morgan fingerprint density at radius 3 is 2.40 bits per heavy atom. The third-order valence-electron chi connectivity index (χ3n) is 3.98.